The summed E-state index contributed by atoms with van der Waals surface area (Å²) in [5, 5.41) is 0.633. The van der Waals surface area contributed by atoms with E-state index in [0.717, 1.165) is 16.0 Å². The number of hydrogen-bond acceptors (Lipinski definition) is 2. The number of halogens is 3. The normalized spacial score (nSPS) is 24.7. The lowest BCUT2D eigenvalue weighted by molar-refractivity contribution is -0.153. The van der Waals surface area contributed by atoms with Gasteiger partial charge in [0, 0.05) is 16.5 Å². The number of thioether (sulfide) groups is 1. The molecule has 2 aromatic carbocycles. The number of hydrogen-bond donors (Lipinski definition) is 0. The summed E-state index contributed by atoms with van der Waals surface area (Å²) in [6.45, 7) is 2.55. The maximum absolute atomic E-state index is 12.5. The van der Waals surface area contributed by atoms with Gasteiger partial charge in [-0.15, -0.1) is 0 Å². The molecule has 1 atom stereocenters. The van der Waals surface area contributed by atoms with Gasteiger partial charge in [-0.25, -0.2) is 0 Å². The van der Waals surface area contributed by atoms with Crippen LogP contribution in [0.2, 0.25) is 5.02 Å². The summed E-state index contributed by atoms with van der Waals surface area (Å²) in [5.41, 5.74) is 3.17. The average molecular weight is 385 g/mol. The first-order chi connectivity index (χ1) is 10.9. The molecule has 4 rings (SSSR count). The van der Waals surface area contributed by atoms with Gasteiger partial charge in [-0.1, -0.05) is 76.4 Å². The minimum Gasteiger partial charge on any atom is -0.313 e. The Morgan fingerprint density at radius 3 is 2.52 bits per heavy atom. The standard InChI is InChI=1S/C17H12Cl3NOS/c1-10-2-7-14-11(8-10)9-21-15(22)16(19,20)17(21,23-14)12-3-5-13(18)6-4-12/h2-8H,9H2,1H3. The highest BCUT2D eigenvalue weighted by atomic mass is 35.5. The van der Waals surface area contributed by atoms with Crippen molar-refractivity contribution in [2.24, 2.45) is 0 Å². The van der Waals surface area contributed by atoms with Crippen molar-refractivity contribution in [2.45, 2.75) is 27.6 Å². The van der Waals surface area contributed by atoms with E-state index in [4.69, 9.17) is 34.8 Å². The molecule has 2 nitrogen and oxygen atoms in total. The second-order valence-electron chi connectivity index (χ2n) is 5.83. The minimum absolute atomic E-state index is 0.254. The van der Waals surface area contributed by atoms with E-state index in [9.17, 15) is 4.79 Å². The number of carbonyl (C=O) groups excluding carboxylic acids is 1. The van der Waals surface area contributed by atoms with E-state index in [1.54, 1.807) is 17.0 Å². The fraction of sp³-hybridized carbons (Fsp3) is 0.235. The lowest BCUT2D eigenvalue weighted by Crippen LogP contribution is -2.74. The zero-order valence-corrected chi connectivity index (χ0v) is 15.2. The number of rotatable bonds is 1. The van der Waals surface area contributed by atoms with Gasteiger partial charge in [-0.05, 0) is 36.2 Å². The molecule has 23 heavy (non-hydrogen) atoms. The molecule has 1 saturated heterocycles. The first-order valence-corrected chi connectivity index (χ1v) is 9.06. The summed E-state index contributed by atoms with van der Waals surface area (Å²) in [4.78, 5) is 14.5. The molecular weight excluding hydrogens is 373 g/mol. The smallest absolute Gasteiger partial charge is 0.264 e. The molecule has 6 heteroatoms. The average Bonchev–Trinajstić information content (AvgIpc) is 2.53. The zero-order chi connectivity index (χ0) is 16.4. The highest BCUT2D eigenvalue weighted by molar-refractivity contribution is 8.00. The van der Waals surface area contributed by atoms with E-state index in [-0.39, 0.29) is 5.91 Å². The number of carbonyl (C=O) groups is 1. The number of benzene rings is 2. The molecule has 2 aliphatic heterocycles. The number of β-lactam (4-membered cyclic amide) rings is 1. The topological polar surface area (TPSA) is 20.3 Å². The van der Waals surface area contributed by atoms with E-state index < -0.39 is 9.20 Å². The van der Waals surface area contributed by atoms with Crippen LogP contribution in [-0.2, 0) is 16.2 Å². The van der Waals surface area contributed by atoms with E-state index in [0.29, 0.717) is 11.6 Å². The van der Waals surface area contributed by atoms with Crippen molar-refractivity contribution in [3.05, 3.63) is 64.2 Å². The lowest BCUT2D eigenvalue weighted by atomic mass is 9.90. The number of nitrogens with zero attached hydrogens (tertiary/aromatic N) is 1. The van der Waals surface area contributed by atoms with Crippen molar-refractivity contribution in [1.82, 2.24) is 4.90 Å². The van der Waals surface area contributed by atoms with Gasteiger partial charge in [0.1, 0.15) is 0 Å². The third kappa shape index (κ3) is 2.00. The Kier molecular flexibility index (Phi) is 3.44. The van der Waals surface area contributed by atoms with Gasteiger partial charge in [-0.2, -0.15) is 0 Å². The Morgan fingerprint density at radius 1 is 1.13 bits per heavy atom. The SMILES string of the molecule is Cc1ccc2c(c1)CN1C(=O)C(Cl)(Cl)C1(c1ccc(Cl)cc1)S2. The molecule has 1 amide bonds. The Hall–Kier alpha value is -0.870. The van der Waals surface area contributed by atoms with Gasteiger partial charge in [0.15, 0.2) is 4.87 Å². The van der Waals surface area contributed by atoms with Crippen LogP contribution in [0, 0.1) is 6.92 Å². The monoisotopic (exact) mass is 383 g/mol. The fourth-order valence-corrected chi connectivity index (χ4v) is 5.63. The molecule has 1 unspecified atom stereocenters. The summed E-state index contributed by atoms with van der Waals surface area (Å²) in [5.74, 6) is -0.254. The Labute approximate surface area is 153 Å². The maximum Gasteiger partial charge on any atom is 0.264 e. The molecule has 0 radical (unpaired) electrons. The third-order valence-electron chi connectivity index (χ3n) is 4.36. The molecule has 0 N–H and O–H groups in total. The van der Waals surface area contributed by atoms with Crippen molar-refractivity contribution in [3.8, 4) is 0 Å². The van der Waals surface area contributed by atoms with E-state index in [1.165, 1.54) is 17.3 Å². The molecule has 0 bridgehead atoms. The highest BCUT2D eigenvalue weighted by Crippen LogP contribution is 2.66. The quantitative estimate of drug-likeness (QED) is 0.502. The van der Waals surface area contributed by atoms with E-state index >= 15 is 0 Å². The van der Waals surface area contributed by atoms with Crippen LogP contribution in [0.5, 0.6) is 0 Å². The van der Waals surface area contributed by atoms with Crippen LogP contribution >= 0.6 is 46.6 Å². The maximum atomic E-state index is 12.5. The second-order valence-corrected chi connectivity index (χ2v) is 8.83. The number of aryl methyl sites for hydroxylation is 1. The minimum atomic E-state index is -1.49. The Morgan fingerprint density at radius 2 is 1.83 bits per heavy atom. The summed E-state index contributed by atoms with van der Waals surface area (Å²) in [6.07, 6.45) is 0. The van der Waals surface area contributed by atoms with Gasteiger partial charge in [0.25, 0.3) is 5.91 Å². The van der Waals surface area contributed by atoms with E-state index in [2.05, 4.69) is 18.2 Å². The van der Waals surface area contributed by atoms with Crippen molar-refractivity contribution in [2.75, 3.05) is 0 Å². The van der Waals surface area contributed by atoms with Gasteiger partial charge in [0.2, 0.25) is 4.33 Å². The highest BCUT2D eigenvalue weighted by Gasteiger charge is 2.73. The molecular formula is C17H12Cl3NOS. The van der Waals surface area contributed by atoms with Crippen LogP contribution in [0.25, 0.3) is 0 Å². The van der Waals surface area contributed by atoms with Crippen LogP contribution < -0.4 is 0 Å². The van der Waals surface area contributed by atoms with E-state index in [1.807, 2.05) is 19.1 Å². The summed E-state index contributed by atoms with van der Waals surface area (Å²) in [6, 6.07) is 13.6. The molecule has 0 saturated carbocycles. The summed E-state index contributed by atoms with van der Waals surface area (Å²) < 4.78 is -1.49. The number of alkyl halides is 2. The molecule has 2 aliphatic rings. The van der Waals surface area contributed by atoms with Gasteiger partial charge >= 0.3 is 0 Å². The van der Waals surface area contributed by atoms with Crippen LogP contribution in [-0.4, -0.2) is 15.1 Å². The Bertz CT molecular complexity index is 821. The molecule has 1 fully saturated rings. The molecule has 0 spiro atoms. The summed E-state index contributed by atoms with van der Waals surface area (Å²) in [7, 11) is 0. The Balaban J connectivity index is 1.89. The lowest BCUT2D eigenvalue weighted by Gasteiger charge is -2.61. The summed E-state index contributed by atoms with van der Waals surface area (Å²) >= 11 is 20.5. The van der Waals surface area contributed by atoms with Crippen molar-refractivity contribution < 1.29 is 4.79 Å². The van der Waals surface area contributed by atoms with Gasteiger partial charge < -0.3 is 4.90 Å². The molecule has 2 aromatic rings. The first kappa shape index (κ1) is 15.6. The molecule has 2 heterocycles. The third-order valence-corrected chi connectivity index (χ3v) is 7.38. The number of fused-ring (bicyclic) bond motifs is 2. The fourth-order valence-electron chi connectivity index (χ4n) is 3.21. The second kappa shape index (κ2) is 5.06. The van der Waals surface area contributed by atoms with Crippen LogP contribution in [0.15, 0.2) is 47.4 Å². The van der Waals surface area contributed by atoms with Crippen LogP contribution in [0.1, 0.15) is 16.7 Å². The van der Waals surface area contributed by atoms with Crippen molar-refractivity contribution in [1.29, 1.82) is 0 Å². The number of amides is 1. The van der Waals surface area contributed by atoms with Crippen LogP contribution in [0.3, 0.4) is 0 Å². The van der Waals surface area contributed by atoms with Crippen molar-refractivity contribution >= 4 is 52.5 Å². The molecule has 0 aliphatic carbocycles. The van der Waals surface area contributed by atoms with Gasteiger partial charge in [-0.3, -0.25) is 4.79 Å². The first-order valence-electron chi connectivity index (χ1n) is 7.11. The van der Waals surface area contributed by atoms with Crippen molar-refractivity contribution in [3.63, 3.8) is 0 Å². The molecule has 118 valence electrons. The largest absolute Gasteiger partial charge is 0.313 e. The molecule has 0 aromatic heterocycles. The zero-order valence-electron chi connectivity index (χ0n) is 12.1. The predicted molar refractivity (Wildman–Crippen MR) is 95.2 cm³/mol. The van der Waals surface area contributed by atoms with Gasteiger partial charge in [0.05, 0.1) is 0 Å². The van der Waals surface area contributed by atoms with Crippen LogP contribution in [0.4, 0.5) is 0 Å². The predicted octanol–water partition coefficient (Wildman–Crippen LogP) is 5.12.